The molecule has 2 rings (SSSR count). The van der Waals surface area contributed by atoms with Crippen molar-refractivity contribution in [2.75, 3.05) is 6.54 Å². The minimum atomic E-state index is 0.517. The Morgan fingerprint density at radius 2 is 1.67 bits per heavy atom. The zero-order valence-corrected chi connectivity index (χ0v) is 12.5. The van der Waals surface area contributed by atoms with Crippen LogP contribution in [0, 0.1) is 11.3 Å². The van der Waals surface area contributed by atoms with Gasteiger partial charge >= 0.3 is 0 Å². The second-order valence-corrected chi connectivity index (χ2v) is 6.66. The van der Waals surface area contributed by atoms with Crippen LogP contribution in [-0.4, -0.2) is 6.54 Å². The molecular weight excluding hydrogens is 218 g/mol. The summed E-state index contributed by atoms with van der Waals surface area (Å²) >= 11 is 0. The van der Waals surface area contributed by atoms with Gasteiger partial charge < -0.3 is 5.32 Å². The minimum absolute atomic E-state index is 0.517. The molecule has 0 saturated heterocycles. The lowest BCUT2D eigenvalue weighted by atomic mass is 9.94. The molecule has 1 aliphatic carbocycles. The standard InChI is InChI=1S/C17H27N/c1-6-18-16(15-11-17(15,4)5)14-9-7-13(8-10-14)12(2)3/h7-10,12,15-16,18H,6,11H2,1-5H3. The molecule has 1 aromatic rings. The Hall–Kier alpha value is -0.820. The van der Waals surface area contributed by atoms with Crippen molar-refractivity contribution in [3.8, 4) is 0 Å². The Kier molecular flexibility index (Phi) is 3.82. The van der Waals surface area contributed by atoms with Gasteiger partial charge in [0.15, 0.2) is 0 Å². The van der Waals surface area contributed by atoms with E-state index in [-0.39, 0.29) is 0 Å². The fourth-order valence-electron chi connectivity index (χ4n) is 2.88. The molecule has 0 aliphatic heterocycles. The quantitative estimate of drug-likeness (QED) is 0.805. The lowest BCUT2D eigenvalue weighted by Gasteiger charge is -2.21. The van der Waals surface area contributed by atoms with E-state index in [1.54, 1.807) is 0 Å². The van der Waals surface area contributed by atoms with Crippen molar-refractivity contribution in [3.05, 3.63) is 35.4 Å². The maximum absolute atomic E-state index is 3.67. The number of hydrogen-bond acceptors (Lipinski definition) is 1. The molecule has 1 aliphatic rings. The third-order valence-electron chi connectivity index (χ3n) is 4.38. The summed E-state index contributed by atoms with van der Waals surface area (Å²) in [6.07, 6.45) is 1.34. The highest BCUT2D eigenvalue weighted by atomic mass is 14.9. The van der Waals surface area contributed by atoms with Crippen LogP contribution in [0.25, 0.3) is 0 Å². The number of benzene rings is 1. The van der Waals surface area contributed by atoms with Crippen LogP contribution in [0.2, 0.25) is 0 Å². The van der Waals surface area contributed by atoms with Gasteiger partial charge in [-0.3, -0.25) is 0 Å². The molecule has 0 amide bonds. The van der Waals surface area contributed by atoms with Gasteiger partial charge in [-0.1, -0.05) is 58.9 Å². The Bertz CT molecular complexity index is 389. The highest BCUT2D eigenvalue weighted by Gasteiger charge is 2.50. The van der Waals surface area contributed by atoms with E-state index in [9.17, 15) is 0 Å². The van der Waals surface area contributed by atoms with E-state index in [4.69, 9.17) is 0 Å². The molecule has 1 saturated carbocycles. The first-order valence-electron chi connectivity index (χ1n) is 7.29. The molecular formula is C17H27N. The summed E-state index contributed by atoms with van der Waals surface area (Å²) in [7, 11) is 0. The molecule has 1 nitrogen and oxygen atoms in total. The summed E-state index contributed by atoms with van der Waals surface area (Å²) in [5, 5.41) is 3.67. The molecule has 100 valence electrons. The van der Waals surface area contributed by atoms with Gasteiger partial charge in [-0.05, 0) is 41.3 Å². The fourth-order valence-corrected chi connectivity index (χ4v) is 2.88. The molecule has 0 heterocycles. The highest BCUT2D eigenvalue weighted by Crippen LogP contribution is 2.57. The van der Waals surface area contributed by atoms with Gasteiger partial charge in [-0.15, -0.1) is 0 Å². The Morgan fingerprint density at radius 3 is 2.06 bits per heavy atom. The van der Waals surface area contributed by atoms with E-state index in [1.807, 2.05) is 0 Å². The summed E-state index contributed by atoms with van der Waals surface area (Å²) in [6.45, 7) is 12.5. The highest BCUT2D eigenvalue weighted by molar-refractivity contribution is 5.29. The summed E-state index contributed by atoms with van der Waals surface area (Å²) in [5.41, 5.74) is 3.41. The van der Waals surface area contributed by atoms with E-state index in [2.05, 4.69) is 64.2 Å². The lowest BCUT2D eigenvalue weighted by molar-refractivity contribution is 0.423. The summed E-state index contributed by atoms with van der Waals surface area (Å²) < 4.78 is 0. The van der Waals surface area contributed by atoms with E-state index in [0.29, 0.717) is 17.4 Å². The van der Waals surface area contributed by atoms with Gasteiger partial charge in [0.05, 0.1) is 0 Å². The van der Waals surface area contributed by atoms with Crippen LogP contribution < -0.4 is 5.32 Å². The molecule has 2 atom stereocenters. The van der Waals surface area contributed by atoms with Crippen molar-refractivity contribution in [1.29, 1.82) is 0 Å². The van der Waals surface area contributed by atoms with Crippen LogP contribution in [0.4, 0.5) is 0 Å². The van der Waals surface area contributed by atoms with Crippen molar-refractivity contribution in [3.63, 3.8) is 0 Å². The second kappa shape index (κ2) is 5.05. The van der Waals surface area contributed by atoms with Gasteiger partial charge in [-0.25, -0.2) is 0 Å². The summed E-state index contributed by atoms with van der Waals surface area (Å²) in [4.78, 5) is 0. The Balaban J connectivity index is 2.16. The van der Waals surface area contributed by atoms with Crippen LogP contribution in [-0.2, 0) is 0 Å². The van der Waals surface area contributed by atoms with Gasteiger partial charge in [0.25, 0.3) is 0 Å². The van der Waals surface area contributed by atoms with Crippen LogP contribution in [0.3, 0.4) is 0 Å². The van der Waals surface area contributed by atoms with Gasteiger partial charge in [-0.2, -0.15) is 0 Å². The second-order valence-electron chi connectivity index (χ2n) is 6.66. The number of rotatable bonds is 5. The average Bonchev–Trinajstić information content (AvgIpc) is 2.95. The van der Waals surface area contributed by atoms with E-state index >= 15 is 0 Å². The SMILES string of the molecule is CCNC(c1ccc(C(C)C)cc1)C1CC1(C)C. The van der Waals surface area contributed by atoms with Crippen LogP contribution in [0.1, 0.15) is 64.1 Å². The zero-order chi connectivity index (χ0) is 13.3. The van der Waals surface area contributed by atoms with Crippen molar-refractivity contribution in [2.24, 2.45) is 11.3 Å². The molecule has 18 heavy (non-hydrogen) atoms. The van der Waals surface area contributed by atoms with Gasteiger partial charge in [0, 0.05) is 6.04 Å². The van der Waals surface area contributed by atoms with Crippen LogP contribution >= 0.6 is 0 Å². The number of nitrogens with one attached hydrogen (secondary N) is 1. The summed E-state index contributed by atoms with van der Waals surface area (Å²) in [6, 6.07) is 9.75. The predicted molar refractivity (Wildman–Crippen MR) is 78.8 cm³/mol. The minimum Gasteiger partial charge on any atom is -0.310 e. The molecule has 1 aromatic carbocycles. The Labute approximate surface area is 112 Å². The maximum Gasteiger partial charge on any atom is 0.0353 e. The van der Waals surface area contributed by atoms with Crippen LogP contribution in [0.5, 0.6) is 0 Å². The maximum atomic E-state index is 3.67. The fraction of sp³-hybridized carbons (Fsp3) is 0.647. The van der Waals surface area contributed by atoms with Crippen LogP contribution in [0.15, 0.2) is 24.3 Å². The third kappa shape index (κ3) is 2.77. The summed E-state index contributed by atoms with van der Waals surface area (Å²) in [5.74, 6) is 1.41. The van der Waals surface area contributed by atoms with E-state index < -0.39 is 0 Å². The lowest BCUT2D eigenvalue weighted by Crippen LogP contribution is -2.24. The molecule has 0 radical (unpaired) electrons. The van der Waals surface area contributed by atoms with E-state index in [1.165, 1.54) is 17.5 Å². The monoisotopic (exact) mass is 245 g/mol. The Morgan fingerprint density at radius 1 is 1.17 bits per heavy atom. The molecule has 1 N–H and O–H groups in total. The van der Waals surface area contributed by atoms with E-state index in [0.717, 1.165) is 12.5 Å². The molecule has 1 heteroatoms. The molecule has 0 spiro atoms. The van der Waals surface area contributed by atoms with Crippen molar-refractivity contribution in [1.82, 2.24) is 5.32 Å². The topological polar surface area (TPSA) is 12.0 Å². The largest absolute Gasteiger partial charge is 0.310 e. The van der Waals surface area contributed by atoms with Crippen molar-refractivity contribution >= 4 is 0 Å². The first-order chi connectivity index (χ1) is 8.45. The number of hydrogen-bond donors (Lipinski definition) is 1. The van der Waals surface area contributed by atoms with Gasteiger partial charge in [0.1, 0.15) is 0 Å². The normalized spacial score (nSPS) is 23.1. The first-order valence-corrected chi connectivity index (χ1v) is 7.29. The molecule has 1 fully saturated rings. The zero-order valence-electron chi connectivity index (χ0n) is 12.5. The van der Waals surface area contributed by atoms with Crippen molar-refractivity contribution < 1.29 is 0 Å². The average molecular weight is 245 g/mol. The molecule has 0 bridgehead atoms. The third-order valence-corrected chi connectivity index (χ3v) is 4.38. The van der Waals surface area contributed by atoms with Gasteiger partial charge in [0.2, 0.25) is 0 Å². The molecule has 0 aromatic heterocycles. The molecule has 2 unspecified atom stereocenters. The smallest absolute Gasteiger partial charge is 0.0353 e. The predicted octanol–water partition coefficient (Wildman–Crippen LogP) is 4.51. The first kappa shape index (κ1) is 13.6. The van der Waals surface area contributed by atoms with Crippen molar-refractivity contribution in [2.45, 2.75) is 53.0 Å².